The molecule has 4 aromatic heterocycles. The molecule has 30 heavy (non-hydrogen) atoms. The van der Waals surface area contributed by atoms with Crippen LogP contribution in [0.4, 0.5) is 16.2 Å². The molecule has 0 radical (unpaired) electrons. The van der Waals surface area contributed by atoms with Crippen LogP contribution in [0.15, 0.2) is 36.9 Å². The Morgan fingerprint density at radius 3 is 2.60 bits per heavy atom. The molecule has 13 heteroatoms. The molecule has 11 nitrogen and oxygen atoms in total. The molecule has 0 aliphatic rings. The molecule has 0 aliphatic carbocycles. The number of aromatic nitrogens is 7. The number of halogens is 2. The smallest absolute Gasteiger partial charge is 0.323 e. The summed E-state index contributed by atoms with van der Waals surface area (Å²) in [6.45, 7) is 1.82. The predicted molar refractivity (Wildman–Crippen MR) is 110 cm³/mol. The van der Waals surface area contributed by atoms with E-state index in [9.17, 15) is 4.79 Å². The fraction of sp³-hybridized carbons (Fsp3) is 0.176. The van der Waals surface area contributed by atoms with E-state index in [-0.39, 0.29) is 10.2 Å². The number of nitrogens with zero attached hydrogens (tertiary/aromatic N) is 7. The Bertz CT molecular complexity index is 1210. The average Bonchev–Trinajstić information content (AvgIpc) is 3.36. The molecular formula is C17H15Cl2N9O2. The highest BCUT2D eigenvalue weighted by Gasteiger charge is 2.19. The molecule has 4 rings (SSSR count). The van der Waals surface area contributed by atoms with Crippen molar-refractivity contribution >= 4 is 46.3 Å². The van der Waals surface area contributed by atoms with Gasteiger partial charge < -0.3 is 15.4 Å². The van der Waals surface area contributed by atoms with Gasteiger partial charge in [-0.1, -0.05) is 23.2 Å². The minimum absolute atomic E-state index is 0.270. The predicted octanol–water partition coefficient (Wildman–Crippen LogP) is 3.36. The number of nitrogens with one attached hydrogen (secondary N) is 2. The van der Waals surface area contributed by atoms with Gasteiger partial charge >= 0.3 is 6.03 Å². The first kappa shape index (κ1) is 20.0. The number of amides is 2. The Labute approximate surface area is 180 Å². The van der Waals surface area contributed by atoms with E-state index in [1.54, 1.807) is 19.2 Å². The molecule has 2 amide bonds. The SMILES string of the molecule is CO[C@H](C)c1c(NC(=O)Nc2cnc(-n3nccn3)c(Cl)c2)cnc2cc(Cl)nn12. The Kier molecular flexibility index (Phi) is 5.48. The molecule has 0 unspecified atom stereocenters. The highest BCUT2D eigenvalue weighted by Crippen LogP contribution is 2.27. The quantitative estimate of drug-likeness (QED) is 0.480. The maximum absolute atomic E-state index is 12.6. The summed E-state index contributed by atoms with van der Waals surface area (Å²) < 4.78 is 6.94. The Morgan fingerprint density at radius 2 is 1.90 bits per heavy atom. The first-order valence-electron chi connectivity index (χ1n) is 8.63. The van der Waals surface area contributed by atoms with Gasteiger partial charge in [0.1, 0.15) is 0 Å². The summed E-state index contributed by atoms with van der Waals surface area (Å²) in [5, 5.41) is 18.1. The molecule has 2 N–H and O–H groups in total. The molecule has 4 aromatic rings. The van der Waals surface area contributed by atoms with E-state index in [0.29, 0.717) is 28.5 Å². The maximum Gasteiger partial charge on any atom is 0.323 e. The van der Waals surface area contributed by atoms with Gasteiger partial charge in [0.15, 0.2) is 16.6 Å². The van der Waals surface area contributed by atoms with Crippen molar-refractivity contribution in [3.8, 4) is 5.82 Å². The number of urea groups is 1. The lowest BCUT2D eigenvalue weighted by Crippen LogP contribution is -2.22. The molecule has 0 aliphatic heterocycles. The van der Waals surface area contributed by atoms with Crippen LogP contribution in [0.2, 0.25) is 10.2 Å². The zero-order valence-electron chi connectivity index (χ0n) is 15.7. The fourth-order valence-electron chi connectivity index (χ4n) is 2.78. The molecule has 0 bridgehead atoms. The summed E-state index contributed by atoms with van der Waals surface area (Å²) in [7, 11) is 1.55. The van der Waals surface area contributed by atoms with Crippen molar-refractivity contribution in [3.63, 3.8) is 0 Å². The number of carbonyl (C=O) groups excluding carboxylic acids is 1. The third-order valence-electron chi connectivity index (χ3n) is 4.17. The molecular weight excluding hydrogens is 433 g/mol. The Morgan fingerprint density at radius 1 is 1.13 bits per heavy atom. The third-order valence-corrected chi connectivity index (χ3v) is 4.63. The standard InChI is InChI=1S/C17H15Cl2N9O2/c1-9(30-2)15-12(8-20-14-6-13(19)26-27(14)15)25-17(29)24-10-5-11(18)16(21-7-10)28-22-3-4-23-28/h3-9H,1-2H3,(H2,24,25,29)/t9-/m1/s1. The van der Waals surface area contributed by atoms with Crippen LogP contribution in [0.25, 0.3) is 11.5 Å². The van der Waals surface area contributed by atoms with E-state index < -0.39 is 12.1 Å². The van der Waals surface area contributed by atoms with Crippen LogP contribution in [0.1, 0.15) is 18.7 Å². The van der Waals surface area contributed by atoms with Gasteiger partial charge in [-0.3, -0.25) is 0 Å². The number of hydrogen-bond acceptors (Lipinski definition) is 7. The zero-order chi connectivity index (χ0) is 21.3. The number of methoxy groups -OCH3 is 1. The summed E-state index contributed by atoms with van der Waals surface area (Å²) in [4.78, 5) is 22.3. The van der Waals surface area contributed by atoms with E-state index in [2.05, 4.69) is 35.9 Å². The summed E-state index contributed by atoms with van der Waals surface area (Å²) in [5.41, 5.74) is 1.90. The van der Waals surface area contributed by atoms with Crippen molar-refractivity contribution < 1.29 is 9.53 Å². The van der Waals surface area contributed by atoms with Crippen LogP contribution >= 0.6 is 23.2 Å². The van der Waals surface area contributed by atoms with Gasteiger partial charge in [0, 0.05) is 13.2 Å². The van der Waals surface area contributed by atoms with Crippen LogP contribution in [0.5, 0.6) is 0 Å². The van der Waals surface area contributed by atoms with Crippen molar-refractivity contribution in [2.24, 2.45) is 0 Å². The summed E-state index contributed by atoms with van der Waals surface area (Å²) in [6, 6.07) is 2.63. The number of carbonyl (C=O) groups is 1. The third kappa shape index (κ3) is 3.90. The van der Waals surface area contributed by atoms with Gasteiger partial charge in [-0.25, -0.2) is 19.3 Å². The van der Waals surface area contributed by atoms with Crippen molar-refractivity contribution in [2.75, 3.05) is 17.7 Å². The molecule has 154 valence electrons. The second-order valence-electron chi connectivity index (χ2n) is 6.10. The highest BCUT2D eigenvalue weighted by molar-refractivity contribution is 6.32. The number of rotatable bonds is 5. The van der Waals surface area contributed by atoms with E-state index in [4.69, 9.17) is 27.9 Å². The molecule has 0 saturated heterocycles. The van der Waals surface area contributed by atoms with Crippen LogP contribution < -0.4 is 10.6 Å². The average molecular weight is 448 g/mol. The largest absolute Gasteiger partial charge is 0.375 e. The van der Waals surface area contributed by atoms with Gasteiger partial charge in [-0.15, -0.1) is 4.80 Å². The van der Waals surface area contributed by atoms with Crippen molar-refractivity contribution in [3.05, 3.63) is 52.8 Å². The normalized spacial score (nSPS) is 12.1. The zero-order valence-corrected chi connectivity index (χ0v) is 17.3. The van der Waals surface area contributed by atoms with E-state index in [1.807, 2.05) is 6.92 Å². The molecule has 0 spiro atoms. The van der Waals surface area contributed by atoms with E-state index in [0.717, 1.165) is 0 Å². The molecule has 0 saturated carbocycles. The summed E-state index contributed by atoms with van der Waals surface area (Å²) in [5.74, 6) is 0.342. The summed E-state index contributed by atoms with van der Waals surface area (Å²) >= 11 is 12.2. The van der Waals surface area contributed by atoms with Gasteiger partial charge in [-0.2, -0.15) is 15.3 Å². The number of pyridine rings is 1. The second-order valence-corrected chi connectivity index (χ2v) is 6.89. The summed E-state index contributed by atoms with van der Waals surface area (Å²) in [6.07, 6.45) is 5.58. The fourth-order valence-corrected chi connectivity index (χ4v) is 3.19. The number of fused-ring (bicyclic) bond motifs is 1. The van der Waals surface area contributed by atoms with Crippen LogP contribution in [-0.2, 0) is 4.74 Å². The topological polar surface area (TPSA) is 124 Å². The minimum Gasteiger partial charge on any atom is -0.375 e. The van der Waals surface area contributed by atoms with Gasteiger partial charge in [0.05, 0.1) is 53.0 Å². The molecule has 0 aromatic carbocycles. The van der Waals surface area contributed by atoms with Gasteiger partial charge in [-0.05, 0) is 13.0 Å². The lowest BCUT2D eigenvalue weighted by Gasteiger charge is -2.17. The van der Waals surface area contributed by atoms with Crippen molar-refractivity contribution in [1.82, 2.24) is 34.6 Å². The van der Waals surface area contributed by atoms with E-state index in [1.165, 1.54) is 34.1 Å². The lowest BCUT2D eigenvalue weighted by molar-refractivity contribution is 0.114. The molecule has 0 fully saturated rings. The number of anilines is 2. The number of hydrogen-bond donors (Lipinski definition) is 2. The number of ether oxygens (including phenoxy) is 1. The van der Waals surface area contributed by atoms with Gasteiger partial charge in [0.25, 0.3) is 0 Å². The van der Waals surface area contributed by atoms with Crippen LogP contribution in [-0.4, -0.2) is 47.7 Å². The first-order valence-corrected chi connectivity index (χ1v) is 9.39. The molecule has 1 atom stereocenters. The highest BCUT2D eigenvalue weighted by atomic mass is 35.5. The van der Waals surface area contributed by atoms with E-state index >= 15 is 0 Å². The van der Waals surface area contributed by atoms with Crippen LogP contribution in [0, 0.1) is 0 Å². The van der Waals surface area contributed by atoms with Crippen molar-refractivity contribution in [2.45, 2.75) is 13.0 Å². The minimum atomic E-state index is -0.526. The second kappa shape index (κ2) is 8.22. The first-order chi connectivity index (χ1) is 14.5. The monoisotopic (exact) mass is 447 g/mol. The van der Waals surface area contributed by atoms with Crippen LogP contribution in [0.3, 0.4) is 0 Å². The lowest BCUT2D eigenvalue weighted by atomic mass is 10.2. The van der Waals surface area contributed by atoms with Gasteiger partial charge in [0.2, 0.25) is 0 Å². The Hall–Kier alpha value is -3.28. The van der Waals surface area contributed by atoms with Crippen molar-refractivity contribution in [1.29, 1.82) is 0 Å². The maximum atomic E-state index is 12.6. The molecule has 4 heterocycles. The Balaban J connectivity index is 1.57.